The molecular weight excluding hydrogens is 386 g/mol. The van der Waals surface area contributed by atoms with E-state index in [0.717, 1.165) is 12.1 Å². The van der Waals surface area contributed by atoms with Crippen LogP contribution in [0.1, 0.15) is 58.9 Å². The van der Waals surface area contributed by atoms with E-state index in [1.807, 2.05) is 0 Å². The summed E-state index contributed by atoms with van der Waals surface area (Å²) in [7, 11) is 0. The largest absolute Gasteiger partial charge is 0.462 e. The molecule has 1 atom stereocenters. The Morgan fingerprint density at radius 1 is 1.17 bits per heavy atom. The molecule has 0 unspecified atom stereocenters. The lowest BCUT2D eigenvalue weighted by Gasteiger charge is -2.14. The highest BCUT2D eigenvalue weighted by Gasteiger charge is 2.28. The number of anilines is 1. The van der Waals surface area contributed by atoms with E-state index in [9.17, 15) is 23.2 Å². The SMILES string of the molecule is CCOC(=O)c1c(NC(=O)CN[C@@H](C)c2ccc(F)c(F)c2)oc(C)c1C(C)=O. The minimum absolute atomic E-state index is 0.0434. The van der Waals surface area contributed by atoms with Crippen molar-refractivity contribution >= 4 is 23.5 Å². The molecule has 1 amide bonds. The second kappa shape index (κ2) is 9.42. The number of ether oxygens (including phenoxy) is 1. The van der Waals surface area contributed by atoms with Gasteiger partial charge in [0.15, 0.2) is 17.4 Å². The number of carbonyl (C=O) groups excluding carboxylic acids is 3. The molecule has 9 heteroatoms. The van der Waals surface area contributed by atoms with E-state index in [2.05, 4.69) is 10.6 Å². The number of aryl methyl sites for hydroxylation is 1. The number of carbonyl (C=O) groups is 3. The fraction of sp³-hybridized carbons (Fsp3) is 0.350. The molecule has 1 aromatic carbocycles. The molecule has 0 aliphatic carbocycles. The Bertz CT molecular complexity index is 939. The minimum Gasteiger partial charge on any atom is -0.462 e. The third-order valence-electron chi connectivity index (χ3n) is 4.18. The number of furan rings is 1. The predicted octanol–water partition coefficient (Wildman–Crippen LogP) is 3.53. The minimum atomic E-state index is -0.984. The van der Waals surface area contributed by atoms with Crippen LogP contribution < -0.4 is 10.6 Å². The van der Waals surface area contributed by atoms with Crippen LogP contribution in [0.4, 0.5) is 14.7 Å². The first-order valence-corrected chi connectivity index (χ1v) is 8.95. The van der Waals surface area contributed by atoms with Crippen LogP contribution in [-0.2, 0) is 9.53 Å². The van der Waals surface area contributed by atoms with E-state index in [0.29, 0.717) is 5.56 Å². The summed E-state index contributed by atoms with van der Waals surface area (Å²) in [5, 5.41) is 5.30. The van der Waals surface area contributed by atoms with Crippen LogP contribution in [0.2, 0.25) is 0 Å². The molecular formula is C20H22F2N2O5. The fourth-order valence-electron chi connectivity index (χ4n) is 2.77. The van der Waals surface area contributed by atoms with Crippen molar-refractivity contribution in [2.75, 3.05) is 18.5 Å². The monoisotopic (exact) mass is 408 g/mol. The highest BCUT2D eigenvalue weighted by Crippen LogP contribution is 2.28. The van der Waals surface area contributed by atoms with E-state index in [-0.39, 0.29) is 35.9 Å². The van der Waals surface area contributed by atoms with Crippen LogP contribution >= 0.6 is 0 Å². The average Bonchev–Trinajstić information content (AvgIpc) is 2.98. The molecule has 0 spiro atoms. The maximum Gasteiger partial charge on any atom is 0.344 e. The molecule has 1 aromatic heterocycles. The van der Waals surface area contributed by atoms with Gasteiger partial charge in [0, 0.05) is 6.04 Å². The van der Waals surface area contributed by atoms with Crippen LogP contribution in [0, 0.1) is 18.6 Å². The molecule has 1 heterocycles. The first kappa shape index (κ1) is 22.2. The number of nitrogens with one attached hydrogen (secondary N) is 2. The van der Waals surface area contributed by atoms with Gasteiger partial charge in [0.2, 0.25) is 11.8 Å². The molecule has 29 heavy (non-hydrogen) atoms. The second-order valence-electron chi connectivity index (χ2n) is 6.34. The Kier molecular flexibility index (Phi) is 7.22. The van der Waals surface area contributed by atoms with Gasteiger partial charge in [0.05, 0.1) is 18.7 Å². The Morgan fingerprint density at radius 2 is 1.86 bits per heavy atom. The molecule has 0 bridgehead atoms. The molecule has 0 saturated heterocycles. The molecule has 2 rings (SSSR count). The van der Waals surface area contributed by atoms with Crippen molar-refractivity contribution in [1.29, 1.82) is 0 Å². The van der Waals surface area contributed by atoms with Gasteiger partial charge in [0.25, 0.3) is 0 Å². The van der Waals surface area contributed by atoms with Crippen molar-refractivity contribution < 1.29 is 32.3 Å². The number of amides is 1. The third kappa shape index (κ3) is 5.26. The maximum atomic E-state index is 13.3. The second-order valence-corrected chi connectivity index (χ2v) is 6.34. The van der Waals surface area contributed by atoms with Gasteiger partial charge in [0.1, 0.15) is 11.3 Å². The first-order valence-electron chi connectivity index (χ1n) is 8.95. The van der Waals surface area contributed by atoms with Gasteiger partial charge in [-0.3, -0.25) is 14.9 Å². The quantitative estimate of drug-likeness (QED) is 0.512. The molecule has 2 aromatic rings. The van der Waals surface area contributed by atoms with Gasteiger partial charge < -0.3 is 14.5 Å². The number of Topliss-reactive ketones (excluding diaryl/α,β-unsaturated/α-hetero) is 1. The van der Waals surface area contributed by atoms with E-state index in [1.54, 1.807) is 13.8 Å². The lowest BCUT2D eigenvalue weighted by Crippen LogP contribution is -2.30. The van der Waals surface area contributed by atoms with Crippen LogP contribution in [0.15, 0.2) is 22.6 Å². The van der Waals surface area contributed by atoms with Crippen molar-refractivity contribution in [2.45, 2.75) is 33.7 Å². The van der Waals surface area contributed by atoms with Crippen LogP contribution in [0.25, 0.3) is 0 Å². The van der Waals surface area contributed by atoms with Crippen molar-refractivity contribution in [2.24, 2.45) is 0 Å². The van der Waals surface area contributed by atoms with Gasteiger partial charge in [-0.05, 0) is 45.4 Å². The molecule has 2 N–H and O–H groups in total. The zero-order valence-corrected chi connectivity index (χ0v) is 16.5. The van der Waals surface area contributed by atoms with Gasteiger partial charge in [-0.25, -0.2) is 13.6 Å². The van der Waals surface area contributed by atoms with E-state index >= 15 is 0 Å². The summed E-state index contributed by atoms with van der Waals surface area (Å²) in [6.45, 7) is 5.93. The van der Waals surface area contributed by atoms with E-state index in [1.165, 1.54) is 19.9 Å². The highest BCUT2D eigenvalue weighted by molar-refractivity contribution is 6.10. The zero-order chi connectivity index (χ0) is 21.7. The number of ketones is 1. The fourth-order valence-corrected chi connectivity index (χ4v) is 2.77. The van der Waals surface area contributed by atoms with Crippen molar-refractivity contribution in [1.82, 2.24) is 5.32 Å². The van der Waals surface area contributed by atoms with Gasteiger partial charge in [-0.2, -0.15) is 0 Å². The Labute approximate surface area is 166 Å². The van der Waals surface area contributed by atoms with Crippen LogP contribution in [-0.4, -0.2) is 30.8 Å². The van der Waals surface area contributed by atoms with Crippen LogP contribution in [0.5, 0.6) is 0 Å². The summed E-state index contributed by atoms with van der Waals surface area (Å²) in [5.74, 6) is -3.69. The van der Waals surface area contributed by atoms with E-state index < -0.39 is 35.3 Å². The Balaban J connectivity index is 2.12. The summed E-state index contributed by atoms with van der Waals surface area (Å²) >= 11 is 0. The first-order chi connectivity index (χ1) is 13.6. The number of hydrogen-bond donors (Lipinski definition) is 2. The molecule has 0 aliphatic rings. The molecule has 156 valence electrons. The number of hydrogen-bond acceptors (Lipinski definition) is 6. The third-order valence-corrected chi connectivity index (χ3v) is 4.18. The summed E-state index contributed by atoms with van der Waals surface area (Å²) in [5.41, 5.74) is 0.359. The number of esters is 1. The average molecular weight is 408 g/mol. The predicted molar refractivity (Wildman–Crippen MR) is 101 cm³/mol. The summed E-state index contributed by atoms with van der Waals surface area (Å²) in [6, 6.07) is 3.00. The number of halogens is 2. The normalized spacial score (nSPS) is 11.8. The van der Waals surface area contributed by atoms with Gasteiger partial charge >= 0.3 is 5.97 Å². The molecule has 0 radical (unpaired) electrons. The summed E-state index contributed by atoms with van der Waals surface area (Å²) < 4.78 is 36.7. The lowest BCUT2D eigenvalue weighted by molar-refractivity contribution is -0.115. The van der Waals surface area contributed by atoms with Crippen molar-refractivity contribution in [3.05, 3.63) is 52.3 Å². The number of rotatable bonds is 8. The van der Waals surface area contributed by atoms with Crippen molar-refractivity contribution in [3.63, 3.8) is 0 Å². The van der Waals surface area contributed by atoms with Crippen molar-refractivity contribution in [3.8, 4) is 0 Å². The van der Waals surface area contributed by atoms with Gasteiger partial charge in [-0.1, -0.05) is 6.07 Å². The van der Waals surface area contributed by atoms with Gasteiger partial charge in [-0.15, -0.1) is 0 Å². The van der Waals surface area contributed by atoms with Crippen LogP contribution in [0.3, 0.4) is 0 Å². The smallest absolute Gasteiger partial charge is 0.344 e. The lowest BCUT2D eigenvalue weighted by atomic mass is 10.1. The molecule has 7 nitrogen and oxygen atoms in total. The number of benzene rings is 1. The Morgan fingerprint density at radius 3 is 2.45 bits per heavy atom. The van der Waals surface area contributed by atoms with E-state index in [4.69, 9.17) is 9.15 Å². The highest BCUT2D eigenvalue weighted by atomic mass is 19.2. The zero-order valence-electron chi connectivity index (χ0n) is 16.5. The summed E-state index contributed by atoms with van der Waals surface area (Å²) in [4.78, 5) is 36.4. The molecule has 0 fully saturated rings. The maximum absolute atomic E-state index is 13.3. The standard InChI is InChI=1S/C20H22F2N2O5/c1-5-28-20(27)18-17(11(3)25)12(4)29-19(18)24-16(26)9-23-10(2)13-6-7-14(21)15(22)8-13/h6-8,10,23H,5,9H2,1-4H3,(H,24,26)/t10-/m0/s1. The summed E-state index contributed by atoms with van der Waals surface area (Å²) in [6.07, 6.45) is 0. The molecule has 0 aliphatic heterocycles. The topological polar surface area (TPSA) is 97.6 Å². The Hall–Kier alpha value is -3.07. The molecule has 0 saturated carbocycles.